The molecule has 0 aliphatic rings. The number of ether oxygens (including phenoxy) is 1. The summed E-state index contributed by atoms with van der Waals surface area (Å²) < 4.78 is 4.71. The van der Waals surface area contributed by atoms with Gasteiger partial charge in [0.1, 0.15) is 0 Å². The third-order valence-electron chi connectivity index (χ3n) is 2.69. The second-order valence-corrected chi connectivity index (χ2v) is 4.09. The molecule has 0 aromatic heterocycles. The first-order valence-electron chi connectivity index (χ1n) is 6.29. The van der Waals surface area contributed by atoms with Gasteiger partial charge < -0.3 is 4.74 Å². The molecule has 104 valence electrons. The summed E-state index contributed by atoms with van der Waals surface area (Å²) >= 11 is 0. The summed E-state index contributed by atoms with van der Waals surface area (Å²) in [6.07, 6.45) is 5.02. The van der Waals surface area contributed by atoms with Gasteiger partial charge in [0.25, 0.3) is 0 Å². The molecule has 0 fully saturated rings. The smallest absolute Gasteiger partial charge is 0.398 e. The van der Waals surface area contributed by atoms with Crippen molar-refractivity contribution in [1.82, 2.24) is 0 Å². The van der Waals surface area contributed by atoms with E-state index in [1.807, 2.05) is 12.1 Å². The van der Waals surface area contributed by atoms with Gasteiger partial charge in [-0.05, 0) is 24.3 Å². The Bertz CT molecular complexity index is 620. The molecule has 2 aromatic carbocycles. The number of carbonyl (C=O) groups excluding carboxylic acids is 2. The Morgan fingerprint density at radius 1 is 0.952 bits per heavy atom. The van der Waals surface area contributed by atoms with Gasteiger partial charge in [-0.2, -0.15) is 0 Å². The van der Waals surface area contributed by atoms with Crippen LogP contribution in [0.2, 0.25) is 0 Å². The van der Waals surface area contributed by atoms with E-state index in [4.69, 9.17) is 11.2 Å². The van der Waals surface area contributed by atoms with Crippen molar-refractivity contribution in [1.29, 1.82) is 0 Å². The largest absolute Gasteiger partial charge is 0.445 e. The zero-order chi connectivity index (χ0) is 15.1. The summed E-state index contributed by atoms with van der Waals surface area (Å²) in [6, 6.07) is 17.7. The fourth-order valence-corrected chi connectivity index (χ4v) is 1.80. The van der Waals surface area contributed by atoms with Gasteiger partial charge in [0.05, 0.1) is 0 Å². The van der Waals surface area contributed by atoms with Crippen LogP contribution < -0.4 is 4.90 Å². The molecule has 2 rings (SSSR count). The second-order valence-electron chi connectivity index (χ2n) is 4.09. The van der Waals surface area contributed by atoms with E-state index in [9.17, 15) is 9.59 Å². The topological polar surface area (TPSA) is 46.6 Å². The Morgan fingerprint density at radius 3 is 1.86 bits per heavy atom. The van der Waals surface area contributed by atoms with Gasteiger partial charge in [0, 0.05) is 11.4 Å². The van der Waals surface area contributed by atoms with Crippen LogP contribution in [0.25, 0.3) is 0 Å². The van der Waals surface area contributed by atoms with Crippen LogP contribution in [-0.2, 0) is 14.3 Å². The van der Waals surface area contributed by atoms with Gasteiger partial charge in [-0.25, -0.2) is 4.79 Å². The molecule has 0 unspecified atom stereocenters. The summed E-state index contributed by atoms with van der Waals surface area (Å²) in [6.45, 7) is -0.234. The standard InChI is InChI=1S/C17H13NO3/c1-2-13-21-17(20)16(19)18(14-9-5-3-6-10-14)15-11-7-4-8-12-15/h1,3-12H,13H2. The Labute approximate surface area is 123 Å². The van der Waals surface area contributed by atoms with Crippen LogP contribution in [0.3, 0.4) is 0 Å². The van der Waals surface area contributed by atoms with E-state index in [2.05, 4.69) is 5.92 Å². The number of anilines is 2. The summed E-state index contributed by atoms with van der Waals surface area (Å²) in [7, 11) is 0. The average molecular weight is 279 g/mol. The zero-order valence-corrected chi connectivity index (χ0v) is 11.2. The van der Waals surface area contributed by atoms with E-state index in [1.165, 1.54) is 4.90 Å². The molecule has 0 heterocycles. The molecule has 4 nitrogen and oxygen atoms in total. The van der Waals surface area contributed by atoms with Gasteiger partial charge in [-0.15, -0.1) is 6.42 Å². The number of nitrogens with zero attached hydrogens (tertiary/aromatic N) is 1. The Kier molecular flexibility index (Phi) is 4.73. The summed E-state index contributed by atoms with van der Waals surface area (Å²) in [5, 5.41) is 0. The lowest BCUT2D eigenvalue weighted by atomic mass is 10.2. The highest BCUT2D eigenvalue weighted by Crippen LogP contribution is 2.25. The van der Waals surface area contributed by atoms with Crippen molar-refractivity contribution in [3.8, 4) is 12.3 Å². The van der Waals surface area contributed by atoms with E-state index in [-0.39, 0.29) is 6.61 Å². The number of hydrogen-bond acceptors (Lipinski definition) is 3. The monoisotopic (exact) mass is 279 g/mol. The van der Waals surface area contributed by atoms with Crippen molar-refractivity contribution in [2.75, 3.05) is 11.5 Å². The minimum Gasteiger partial charge on any atom is -0.445 e. The van der Waals surface area contributed by atoms with Crippen LogP contribution in [0.15, 0.2) is 60.7 Å². The van der Waals surface area contributed by atoms with Crippen molar-refractivity contribution in [2.45, 2.75) is 0 Å². The maximum Gasteiger partial charge on any atom is 0.398 e. The predicted octanol–water partition coefficient (Wildman–Crippen LogP) is 2.53. The Morgan fingerprint density at radius 2 is 1.43 bits per heavy atom. The highest BCUT2D eigenvalue weighted by atomic mass is 16.5. The van der Waals surface area contributed by atoms with E-state index < -0.39 is 11.9 Å². The number of rotatable bonds is 3. The van der Waals surface area contributed by atoms with Crippen molar-refractivity contribution in [3.63, 3.8) is 0 Å². The molecule has 2 aromatic rings. The molecule has 0 spiro atoms. The molecule has 0 radical (unpaired) electrons. The Balaban J connectivity index is 2.36. The molecule has 0 aliphatic carbocycles. The summed E-state index contributed by atoms with van der Waals surface area (Å²) in [5.74, 6) is 0.383. The quantitative estimate of drug-likeness (QED) is 0.493. The van der Waals surface area contributed by atoms with E-state index in [0.717, 1.165) is 0 Å². The summed E-state index contributed by atoms with van der Waals surface area (Å²) in [4.78, 5) is 25.4. The van der Waals surface area contributed by atoms with Crippen LogP contribution >= 0.6 is 0 Å². The molecule has 0 bridgehead atoms. The predicted molar refractivity (Wildman–Crippen MR) is 79.8 cm³/mol. The third kappa shape index (κ3) is 3.48. The molecular formula is C17H13NO3. The SMILES string of the molecule is C#CCOC(=O)C(=O)N(c1ccccc1)c1ccccc1. The fourth-order valence-electron chi connectivity index (χ4n) is 1.80. The second kappa shape index (κ2) is 6.92. The molecule has 0 aliphatic heterocycles. The van der Waals surface area contributed by atoms with Crippen LogP contribution in [-0.4, -0.2) is 18.5 Å². The first-order valence-corrected chi connectivity index (χ1v) is 6.29. The number of para-hydroxylation sites is 2. The van der Waals surface area contributed by atoms with Crippen LogP contribution in [0, 0.1) is 12.3 Å². The summed E-state index contributed by atoms with van der Waals surface area (Å²) in [5.41, 5.74) is 1.15. The first-order chi connectivity index (χ1) is 10.2. The average Bonchev–Trinajstić information content (AvgIpc) is 2.54. The van der Waals surface area contributed by atoms with Crippen molar-refractivity contribution in [2.24, 2.45) is 0 Å². The fraction of sp³-hybridized carbons (Fsp3) is 0.0588. The van der Waals surface area contributed by atoms with Gasteiger partial charge in [0.15, 0.2) is 6.61 Å². The molecule has 1 amide bonds. The highest BCUT2D eigenvalue weighted by Gasteiger charge is 2.26. The van der Waals surface area contributed by atoms with Gasteiger partial charge >= 0.3 is 11.9 Å². The minimum absolute atomic E-state index is 0.234. The number of benzene rings is 2. The maximum atomic E-state index is 12.3. The molecule has 0 saturated carbocycles. The van der Waals surface area contributed by atoms with E-state index in [1.54, 1.807) is 48.5 Å². The van der Waals surface area contributed by atoms with Crippen molar-refractivity contribution >= 4 is 23.3 Å². The zero-order valence-electron chi connectivity index (χ0n) is 11.2. The molecule has 0 atom stereocenters. The van der Waals surface area contributed by atoms with Crippen LogP contribution in [0.4, 0.5) is 11.4 Å². The number of hydrogen-bond donors (Lipinski definition) is 0. The van der Waals surface area contributed by atoms with Crippen molar-refractivity contribution < 1.29 is 14.3 Å². The molecule has 0 saturated heterocycles. The lowest BCUT2D eigenvalue weighted by molar-refractivity contribution is -0.152. The molecule has 0 N–H and O–H groups in total. The third-order valence-corrected chi connectivity index (χ3v) is 2.69. The number of amides is 1. The number of esters is 1. The molecule has 4 heteroatoms. The van der Waals surface area contributed by atoms with E-state index >= 15 is 0 Å². The van der Waals surface area contributed by atoms with E-state index in [0.29, 0.717) is 11.4 Å². The van der Waals surface area contributed by atoms with Gasteiger partial charge in [-0.3, -0.25) is 9.69 Å². The molecular weight excluding hydrogens is 266 g/mol. The number of terminal acetylenes is 1. The van der Waals surface area contributed by atoms with Crippen molar-refractivity contribution in [3.05, 3.63) is 60.7 Å². The maximum absolute atomic E-state index is 12.3. The molecule has 21 heavy (non-hydrogen) atoms. The normalized spacial score (nSPS) is 9.48. The first kappa shape index (κ1) is 14.4. The van der Waals surface area contributed by atoms with Crippen LogP contribution in [0.1, 0.15) is 0 Å². The minimum atomic E-state index is -0.986. The Hall–Kier alpha value is -3.06. The number of carbonyl (C=O) groups is 2. The lowest BCUT2D eigenvalue weighted by Gasteiger charge is -2.21. The van der Waals surface area contributed by atoms with Crippen LogP contribution in [0.5, 0.6) is 0 Å². The lowest BCUT2D eigenvalue weighted by Crippen LogP contribution is -2.34. The highest BCUT2D eigenvalue weighted by molar-refractivity contribution is 6.39. The van der Waals surface area contributed by atoms with Gasteiger partial charge in [-0.1, -0.05) is 42.3 Å². The van der Waals surface area contributed by atoms with Gasteiger partial charge in [0.2, 0.25) is 0 Å².